The average Bonchev–Trinajstić information content (AvgIpc) is 3.21. The smallest absolute Gasteiger partial charge is 0.269 e. The van der Waals surface area contributed by atoms with Crippen LogP contribution in [0.1, 0.15) is 9.67 Å². The summed E-state index contributed by atoms with van der Waals surface area (Å²) >= 11 is 7.61. The molecule has 7 heteroatoms. The van der Waals surface area contributed by atoms with Gasteiger partial charge in [0.2, 0.25) is 5.88 Å². The van der Waals surface area contributed by atoms with Crippen molar-refractivity contribution in [1.29, 1.82) is 0 Å². The number of carbonyl (C=O) groups is 1. The Morgan fingerprint density at radius 3 is 2.68 bits per heavy atom. The van der Waals surface area contributed by atoms with E-state index in [1.54, 1.807) is 18.2 Å². The third kappa shape index (κ3) is 3.01. The van der Waals surface area contributed by atoms with Gasteiger partial charge in [-0.15, -0.1) is 11.3 Å². The SMILES string of the molecule is O=C(Nc1cc(-c2ccc(F)cc2)no1)c1sc2ccccc2c1Cl. The molecule has 2 aromatic carbocycles. The normalized spacial score (nSPS) is 11.0. The van der Waals surface area contributed by atoms with Gasteiger partial charge in [0.25, 0.3) is 5.91 Å². The summed E-state index contributed by atoms with van der Waals surface area (Å²) in [6.45, 7) is 0. The standard InChI is InChI=1S/C18H10ClFN2O2S/c19-16-12-3-1-2-4-14(12)25-17(16)18(23)21-15-9-13(22-24-15)10-5-7-11(20)8-6-10/h1-9H,(H,21,23). The Labute approximate surface area is 150 Å². The van der Waals surface area contributed by atoms with Crippen molar-refractivity contribution < 1.29 is 13.7 Å². The predicted octanol–water partition coefficient (Wildman–Crippen LogP) is 5.60. The predicted molar refractivity (Wildman–Crippen MR) is 96.7 cm³/mol. The molecule has 0 fully saturated rings. The molecule has 0 saturated carbocycles. The van der Waals surface area contributed by atoms with Crippen molar-refractivity contribution in [3.05, 3.63) is 70.3 Å². The number of amides is 1. The first-order chi connectivity index (χ1) is 12.1. The van der Waals surface area contributed by atoms with Crippen LogP contribution in [-0.2, 0) is 0 Å². The van der Waals surface area contributed by atoms with Crippen LogP contribution in [0.3, 0.4) is 0 Å². The van der Waals surface area contributed by atoms with E-state index in [4.69, 9.17) is 16.1 Å². The molecule has 1 amide bonds. The van der Waals surface area contributed by atoms with Gasteiger partial charge in [-0.05, 0) is 30.3 Å². The number of aromatic nitrogens is 1. The molecule has 4 nitrogen and oxygen atoms in total. The maximum atomic E-state index is 13.0. The van der Waals surface area contributed by atoms with Crippen LogP contribution >= 0.6 is 22.9 Å². The lowest BCUT2D eigenvalue weighted by molar-refractivity contribution is 0.102. The molecule has 4 aromatic rings. The van der Waals surface area contributed by atoms with E-state index < -0.39 is 0 Å². The first kappa shape index (κ1) is 15.8. The zero-order chi connectivity index (χ0) is 17.4. The topological polar surface area (TPSA) is 55.1 Å². The van der Waals surface area contributed by atoms with Crippen LogP contribution in [0.15, 0.2) is 59.1 Å². The molecule has 0 atom stereocenters. The highest BCUT2D eigenvalue weighted by atomic mass is 35.5. The molecule has 2 heterocycles. The molecule has 0 radical (unpaired) electrons. The number of nitrogens with one attached hydrogen (secondary N) is 1. The average molecular weight is 373 g/mol. The minimum Gasteiger partial charge on any atom is -0.338 e. The lowest BCUT2D eigenvalue weighted by atomic mass is 10.1. The highest BCUT2D eigenvalue weighted by molar-refractivity contribution is 7.21. The lowest BCUT2D eigenvalue weighted by Gasteiger charge is -1.98. The van der Waals surface area contributed by atoms with Gasteiger partial charge in [-0.3, -0.25) is 10.1 Å². The Hall–Kier alpha value is -2.70. The number of benzene rings is 2. The summed E-state index contributed by atoms with van der Waals surface area (Å²) in [4.78, 5) is 12.9. The number of anilines is 1. The second-order valence-electron chi connectivity index (χ2n) is 5.28. The summed E-state index contributed by atoms with van der Waals surface area (Å²) in [6.07, 6.45) is 0. The first-order valence-electron chi connectivity index (χ1n) is 7.33. The summed E-state index contributed by atoms with van der Waals surface area (Å²) in [6, 6.07) is 14.9. The summed E-state index contributed by atoms with van der Waals surface area (Å²) in [5, 5.41) is 7.78. The first-order valence-corrected chi connectivity index (χ1v) is 8.52. The van der Waals surface area contributed by atoms with Crippen molar-refractivity contribution >= 4 is 44.8 Å². The second-order valence-corrected chi connectivity index (χ2v) is 6.71. The summed E-state index contributed by atoms with van der Waals surface area (Å²) in [7, 11) is 0. The van der Waals surface area contributed by atoms with Crippen LogP contribution in [0.4, 0.5) is 10.3 Å². The molecule has 0 saturated heterocycles. The van der Waals surface area contributed by atoms with Crippen LogP contribution in [-0.4, -0.2) is 11.1 Å². The van der Waals surface area contributed by atoms with E-state index in [-0.39, 0.29) is 17.6 Å². The number of hydrogen-bond donors (Lipinski definition) is 1. The van der Waals surface area contributed by atoms with E-state index in [2.05, 4.69) is 10.5 Å². The molecule has 124 valence electrons. The monoisotopic (exact) mass is 372 g/mol. The Morgan fingerprint density at radius 1 is 1.16 bits per heavy atom. The second kappa shape index (κ2) is 6.31. The molecule has 0 aliphatic heterocycles. The fraction of sp³-hybridized carbons (Fsp3) is 0. The van der Waals surface area contributed by atoms with Gasteiger partial charge >= 0.3 is 0 Å². The van der Waals surface area contributed by atoms with E-state index >= 15 is 0 Å². The largest absolute Gasteiger partial charge is 0.338 e. The zero-order valence-corrected chi connectivity index (χ0v) is 14.2. The van der Waals surface area contributed by atoms with E-state index in [9.17, 15) is 9.18 Å². The fourth-order valence-electron chi connectivity index (χ4n) is 2.42. The molecule has 0 unspecified atom stereocenters. The third-order valence-corrected chi connectivity index (χ3v) is 5.30. The Balaban J connectivity index is 1.58. The van der Waals surface area contributed by atoms with Crippen LogP contribution < -0.4 is 5.32 Å². The molecule has 0 bridgehead atoms. The number of carbonyl (C=O) groups excluding carboxylic acids is 1. The van der Waals surface area contributed by atoms with Gasteiger partial charge in [0.15, 0.2) is 0 Å². The number of nitrogens with zero attached hydrogens (tertiary/aromatic N) is 1. The third-order valence-electron chi connectivity index (χ3n) is 3.63. The van der Waals surface area contributed by atoms with Crippen LogP contribution in [0.5, 0.6) is 0 Å². The number of hydrogen-bond acceptors (Lipinski definition) is 4. The van der Waals surface area contributed by atoms with Gasteiger partial charge in [-0.25, -0.2) is 4.39 Å². The molecule has 0 aliphatic rings. The number of thiophene rings is 1. The van der Waals surface area contributed by atoms with Gasteiger partial charge in [0, 0.05) is 21.7 Å². The van der Waals surface area contributed by atoms with Crippen molar-refractivity contribution in [1.82, 2.24) is 5.16 Å². The quantitative estimate of drug-likeness (QED) is 0.509. The zero-order valence-electron chi connectivity index (χ0n) is 12.6. The Bertz CT molecular complexity index is 1070. The number of halogens is 2. The molecule has 25 heavy (non-hydrogen) atoms. The van der Waals surface area contributed by atoms with Gasteiger partial charge in [-0.2, -0.15) is 0 Å². The van der Waals surface area contributed by atoms with Crippen molar-refractivity contribution in [3.8, 4) is 11.3 Å². The van der Waals surface area contributed by atoms with Crippen LogP contribution in [0.2, 0.25) is 5.02 Å². The summed E-state index contributed by atoms with van der Waals surface area (Å²) in [5.41, 5.74) is 1.18. The number of fused-ring (bicyclic) bond motifs is 1. The molecular weight excluding hydrogens is 363 g/mol. The van der Waals surface area contributed by atoms with Gasteiger partial charge in [0.05, 0.1) is 5.02 Å². The number of rotatable bonds is 3. The van der Waals surface area contributed by atoms with Gasteiger partial charge in [-0.1, -0.05) is 35.0 Å². The van der Waals surface area contributed by atoms with Crippen molar-refractivity contribution in [2.75, 3.05) is 5.32 Å². The van der Waals surface area contributed by atoms with Crippen molar-refractivity contribution in [2.24, 2.45) is 0 Å². The Kier molecular flexibility index (Phi) is 3.99. The maximum absolute atomic E-state index is 13.0. The van der Waals surface area contributed by atoms with E-state index in [0.29, 0.717) is 21.2 Å². The van der Waals surface area contributed by atoms with E-state index in [1.165, 1.54) is 23.5 Å². The highest BCUT2D eigenvalue weighted by Crippen LogP contribution is 2.35. The van der Waals surface area contributed by atoms with Crippen molar-refractivity contribution in [3.63, 3.8) is 0 Å². The summed E-state index contributed by atoms with van der Waals surface area (Å²) < 4.78 is 19.1. The minimum atomic E-state index is -0.368. The molecular formula is C18H10ClFN2O2S. The Morgan fingerprint density at radius 2 is 1.92 bits per heavy atom. The van der Waals surface area contributed by atoms with E-state index in [1.807, 2.05) is 24.3 Å². The van der Waals surface area contributed by atoms with Crippen molar-refractivity contribution in [2.45, 2.75) is 0 Å². The van der Waals surface area contributed by atoms with Gasteiger partial charge < -0.3 is 4.52 Å². The van der Waals surface area contributed by atoms with E-state index in [0.717, 1.165) is 10.1 Å². The molecule has 4 rings (SSSR count). The molecule has 0 aliphatic carbocycles. The van der Waals surface area contributed by atoms with Gasteiger partial charge in [0.1, 0.15) is 16.4 Å². The molecule has 1 N–H and O–H groups in total. The maximum Gasteiger partial charge on any atom is 0.269 e. The lowest BCUT2D eigenvalue weighted by Crippen LogP contribution is -2.09. The minimum absolute atomic E-state index is 0.192. The van der Waals surface area contributed by atoms with Crippen LogP contribution in [0, 0.1) is 5.82 Å². The fourth-order valence-corrected chi connectivity index (χ4v) is 3.83. The molecule has 0 spiro atoms. The summed E-state index contributed by atoms with van der Waals surface area (Å²) in [5.74, 6) is -0.508. The van der Waals surface area contributed by atoms with Crippen LogP contribution in [0.25, 0.3) is 21.3 Å². The highest BCUT2D eigenvalue weighted by Gasteiger charge is 2.18. The molecule has 2 aromatic heterocycles.